The van der Waals surface area contributed by atoms with Crippen LogP contribution in [-0.2, 0) is 9.53 Å². The number of hydrogen-bond donors (Lipinski definition) is 0. The van der Waals surface area contributed by atoms with Gasteiger partial charge in [-0.2, -0.15) is 4.98 Å². The van der Waals surface area contributed by atoms with Crippen LogP contribution in [0.15, 0.2) is 53.1 Å². The molecule has 3 heterocycles. The summed E-state index contributed by atoms with van der Waals surface area (Å²) >= 11 is 0. The average molecular weight is 577 g/mol. The first kappa shape index (κ1) is 29.4. The normalized spacial score (nSPS) is 19.5. The SMILES string of the molecule is CCOc1ccc(-c2noc(C3CCN(C(=O)C4CCC(c5ccccc5)N4C(=O)OC(C)(C)C)CC3)n2)cc1OC. The highest BCUT2D eigenvalue weighted by atomic mass is 16.6. The van der Waals surface area contributed by atoms with Gasteiger partial charge in [-0.15, -0.1) is 0 Å². The van der Waals surface area contributed by atoms with E-state index in [-0.39, 0.29) is 17.9 Å². The molecule has 3 aromatic rings. The summed E-state index contributed by atoms with van der Waals surface area (Å²) in [5, 5.41) is 4.20. The first-order valence-corrected chi connectivity index (χ1v) is 14.7. The lowest BCUT2D eigenvalue weighted by Gasteiger charge is -2.36. The Morgan fingerprint density at radius 3 is 2.40 bits per heavy atom. The fourth-order valence-corrected chi connectivity index (χ4v) is 5.78. The minimum absolute atomic E-state index is 0.0366. The highest BCUT2D eigenvalue weighted by molar-refractivity contribution is 5.87. The van der Waals surface area contributed by atoms with Gasteiger partial charge in [-0.1, -0.05) is 35.5 Å². The van der Waals surface area contributed by atoms with Crippen LogP contribution in [0.2, 0.25) is 0 Å². The molecule has 0 bridgehead atoms. The number of aromatic nitrogens is 2. The van der Waals surface area contributed by atoms with Gasteiger partial charge in [-0.05, 0) is 77.1 Å². The number of ether oxygens (including phenoxy) is 3. The zero-order chi connectivity index (χ0) is 29.9. The summed E-state index contributed by atoms with van der Waals surface area (Å²) in [5.41, 5.74) is 1.12. The Morgan fingerprint density at radius 1 is 1.00 bits per heavy atom. The number of carbonyl (C=O) groups is 2. The molecule has 0 spiro atoms. The van der Waals surface area contributed by atoms with Gasteiger partial charge < -0.3 is 23.6 Å². The van der Waals surface area contributed by atoms with E-state index in [2.05, 4.69) is 10.1 Å². The van der Waals surface area contributed by atoms with E-state index in [4.69, 9.17) is 18.7 Å². The molecule has 0 radical (unpaired) electrons. The van der Waals surface area contributed by atoms with E-state index in [0.29, 0.717) is 68.6 Å². The van der Waals surface area contributed by atoms with Gasteiger partial charge in [0.05, 0.1) is 19.8 Å². The van der Waals surface area contributed by atoms with Crippen LogP contribution in [-0.4, -0.2) is 70.4 Å². The highest BCUT2D eigenvalue weighted by Crippen LogP contribution is 2.39. The van der Waals surface area contributed by atoms with Crippen LogP contribution in [0.3, 0.4) is 0 Å². The molecule has 2 amide bonds. The van der Waals surface area contributed by atoms with Gasteiger partial charge >= 0.3 is 6.09 Å². The fraction of sp³-hybridized carbons (Fsp3) is 0.500. The number of carbonyl (C=O) groups excluding carboxylic acids is 2. The van der Waals surface area contributed by atoms with Crippen LogP contribution < -0.4 is 9.47 Å². The van der Waals surface area contributed by atoms with Crippen molar-refractivity contribution in [3.63, 3.8) is 0 Å². The topological polar surface area (TPSA) is 107 Å². The summed E-state index contributed by atoms with van der Waals surface area (Å²) in [4.78, 5) is 35.4. The molecule has 0 N–H and O–H groups in total. The number of piperidine rings is 1. The molecular weight excluding hydrogens is 536 g/mol. The highest BCUT2D eigenvalue weighted by Gasteiger charge is 2.45. The molecule has 2 fully saturated rings. The summed E-state index contributed by atoms with van der Waals surface area (Å²) in [6.45, 7) is 9.08. The number of amides is 2. The Bertz CT molecular complexity index is 1380. The molecule has 2 aliphatic heterocycles. The zero-order valence-electron chi connectivity index (χ0n) is 25.0. The van der Waals surface area contributed by atoms with E-state index in [9.17, 15) is 9.59 Å². The molecule has 0 saturated carbocycles. The lowest BCUT2D eigenvalue weighted by atomic mass is 9.96. The van der Waals surface area contributed by atoms with E-state index in [1.165, 1.54) is 0 Å². The molecular formula is C32H40N4O6. The number of nitrogens with zero attached hydrogens (tertiary/aromatic N) is 4. The van der Waals surface area contributed by atoms with Crippen molar-refractivity contribution in [3.8, 4) is 22.9 Å². The van der Waals surface area contributed by atoms with E-state index in [1.54, 1.807) is 12.0 Å². The molecule has 224 valence electrons. The summed E-state index contributed by atoms with van der Waals surface area (Å²) in [6.07, 6.45) is 2.24. The Labute approximate surface area is 246 Å². The van der Waals surface area contributed by atoms with Crippen molar-refractivity contribution in [1.82, 2.24) is 19.9 Å². The van der Waals surface area contributed by atoms with Crippen LogP contribution in [0.25, 0.3) is 11.4 Å². The lowest BCUT2D eigenvalue weighted by Crippen LogP contribution is -2.51. The first-order valence-electron chi connectivity index (χ1n) is 14.7. The van der Waals surface area contributed by atoms with E-state index in [1.807, 2.05) is 81.1 Å². The number of rotatable bonds is 7. The molecule has 2 atom stereocenters. The predicted octanol–water partition coefficient (Wildman–Crippen LogP) is 5.99. The molecule has 0 aliphatic carbocycles. The second kappa shape index (κ2) is 12.4. The molecule has 42 heavy (non-hydrogen) atoms. The van der Waals surface area contributed by atoms with Gasteiger partial charge in [0.2, 0.25) is 17.6 Å². The molecule has 10 heteroatoms. The van der Waals surface area contributed by atoms with Crippen molar-refractivity contribution >= 4 is 12.0 Å². The molecule has 10 nitrogen and oxygen atoms in total. The zero-order valence-corrected chi connectivity index (χ0v) is 25.0. The quantitative estimate of drug-likeness (QED) is 0.338. The summed E-state index contributed by atoms with van der Waals surface area (Å²) in [5.74, 6) is 2.32. The van der Waals surface area contributed by atoms with Crippen molar-refractivity contribution in [3.05, 3.63) is 60.0 Å². The Morgan fingerprint density at radius 2 is 1.74 bits per heavy atom. The maximum absolute atomic E-state index is 13.8. The van der Waals surface area contributed by atoms with Gasteiger partial charge in [-0.3, -0.25) is 9.69 Å². The smallest absolute Gasteiger partial charge is 0.411 e. The van der Waals surface area contributed by atoms with Gasteiger partial charge in [0.1, 0.15) is 11.6 Å². The summed E-state index contributed by atoms with van der Waals surface area (Å²) in [7, 11) is 1.60. The fourth-order valence-electron chi connectivity index (χ4n) is 5.78. The van der Waals surface area contributed by atoms with Crippen LogP contribution in [0, 0.1) is 0 Å². The molecule has 5 rings (SSSR count). The van der Waals surface area contributed by atoms with Crippen LogP contribution >= 0.6 is 0 Å². The molecule has 2 saturated heterocycles. The largest absolute Gasteiger partial charge is 0.493 e. The molecule has 1 aromatic heterocycles. The minimum Gasteiger partial charge on any atom is -0.493 e. The third-order valence-corrected chi connectivity index (χ3v) is 7.78. The van der Waals surface area contributed by atoms with Crippen molar-refractivity contribution in [2.45, 2.75) is 77.0 Å². The first-order chi connectivity index (χ1) is 20.2. The maximum atomic E-state index is 13.8. The van der Waals surface area contributed by atoms with Gasteiger partial charge in [0, 0.05) is 24.6 Å². The van der Waals surface area contributed by atoms with E-state index >= 15 is 0 Å². The van der Waals surface area contributed by atoms with Gasteiger partial charge in [0.25, 0.3) is 0 Å². The third kappa shape index (κ3) is 6.37. The van der Waals surface area contributed by atoms with Crippen LogP contribution in [0.4, 0.5) is 4.79 Å². The average Bonchev–Trinajstić information content (AvgIpc) is 3.65. The van der Waals surface area contributed by atoms with Crippen molar-refractivity contribution in [2.75, 3.05) is 26.8 Å². The number of methoxy groups -OCH3 is 1. The molecule has 2 unspecified atom stereocenters. The monoisotopic (exact) mass is 576 g/mol. The Kier molecular flexibility index (Phi) is 8.70. The van der Waals surface area contributed by atoms with E-state index in [0.717, 1.165) is 11.1 Å². The number of hydrogen-bond acceptors (Lipinski definition) is 8. The van der Waals surface area contributed by atoms with Crippen molar-refractivity contribution in [1.29, 1.82) is 0 Å². The number of benzene rings is 2. The number of likely N-dealkylation sites (tertiary alicyclic amines) is 2. The van der Waals surface area contributed by atoms with Gasteiger partial charge in [0.15, 0.2) is 11.5 Å². The lowest BCUT2D eigenvalue weighted by molar-refractivity contribution is -0.137. The van der Waals surface area contributed by atoms with Crippen molar-refractivity contribution in [2.24, 2.45) is 0 Å². The van der Waals surface area contributed by atoms with Crippen LogP contribution in [0.1, 0.15) is 76.8 Å². The standard InChI is InChI=1S/C32H40N4O6/c1-6-40-26-15-12-23(20-27(26)39-5)28-33-29(42-34-28)22-16-18-35(19-17-22)30(37)25-14-13-24(21-10-8-7-9-11-21)36(25)31(38)41-32(2,3)4/h7-12,15,20,22,24-25H,6,13-14,16-19H2,1-5H3. The van der Waals surface area contributed by atoms with E-state index < -0.39 is 17.7 Å². The molecule has 2 aliphatic rings. The van der Waals surface area contributed by atoms with Crippen molar-refractivity contribution < 1.29 is 28.3 Å². The third-order valence-electron chi connectivity index (χ3n) is 7.78. The Hall–Kier alpha value is -4.08. The second-order valence-electron chi connectivity index (χ2n) is 11.8. The predicted molar refractivity (Wildman–Crippen MR) is 156 cm³/mol. The minimum atomic E-state index is -0.660. The second-order valence-corrected chi connectivity index (χ2v) is 11.8. The van der Waals surface area contributed by atoms with Crippen LogP contribution in [0.5, 0.6) is 11.5 Å². The Balaban J connectivity index is 1.25. The summed E-state index contributed by atoms with van der Waals surface area (Å²) in [6, 6.07) is 14.7. The maximum Gasteiger partial charge on any atom is 0.411 e. The summed E-state index contributed by atoms with van der Waals surface area (Å²) < 4.78 is 22.5. The van der Waals surface area contributed by atoms with Gasteiger partial charge in [-0.25, -0.2) is 4.79 Å². The molecule has 2 aromatic carbocycles.